The number of amides is 1. The molecule has 6 nitrogen and oxygen atoms in total. The van der Waals surface area contributed by atoms with Crippen LogP contribution in [0.1, 0.15) is 23.2 Å². The second kappa shape index (κ2) is 6.83. The van der Waals surface area contributed by atoms with Gasteiger partial charge in [-0.1, -0.05) is 11.3 Å². The van der Waals surface area contributed by atoms with Gasteiger partial charge in [-0.25, -0.2) is 0 Å². The van der Waals surface area contributed by atoms with Crippen LogP contribution in [-0.2, 0) is 0 Å². The van der Waals surface area contributed by atoms with Gasteiger partial charge in [0.05, 0.1) is 10.5 Å². The molecule has 19 heavy (non-hydrogen) atoms. The highest BCUT2D eigenvalue weighted by atomic mass is 35.5. The van der Waals surface area contributed by atoms with Gasteiger partial charge in [-0.3, -0.25) is 14.9 Å². The van der Waals surface area contributed by atoms with Crippen molar-refractivity contribution in [2.24, 2.45) is 0 Å². The number of carbonyl (C=O) groups is 1. The van der Waals surface area contributed by atoms with Gasteiger partial charge in [-0.15, -0.1) is 12.4 Å². The Morgan fingerprint density at radius 3 is 2.63 bits per heavy atom. The molecule has 1 amide bonds. The number of carbonyl (C=O) groups excluding carboxylic acids is 1. The zero-order valence-electron chi connectivity index (χ0n) is 10.5. The summed E-state index contributed by atoms with van der Waals surface area (Å²) in [7, 11) is 1.92. The number of likely N-dealkylation sites (tertiary alicyclic amines) is 1. The zero-order chi connectivity index (χ0) is 13.1. The van der Waals surface area contributed by atoms with E-state index in [-0.39, 0.29) is 23.3 Å². The number of piperidine rings is 1. The van der Waals surface area contributed by atoms with E-state index < -0.39 is 4.92 Å². The lowest BCUT2D eigenvalue weighted by Gasteiger charge is -2.31. The summed E-state index contributed by atoms with van der Waals surface area (Å²) in [5.41, 5.74) is 0.426. The number of hydrogen-bond acceptors (Lipinski definition) is 5. The van der Waals surface area contributed by atoms with E-state index in [1.54, 1.807) is 10.3 Å². The number of thiophene rings is 1. The van der Waals surface area contributed by atoms with Crippen LogP contribution >= 0.6 is 23.7 Å². The minimum atomic E-state index is -0.464. The Morgan fingerprint density at radius 1 is 1.53 bits per heavy atom. The number of halogens is 1. The predicted octanol–water partition coefficient (Wildman–Crippen LogP) is 1.90. The molecule has 1 fully saturated rings. The summed E-state index contributed by atoms with van der Waals surface area (Å²) in [5.74, 6) is -0.103. The molecule has 1 aliphatic heterocycles. The van der Waals surface area contributed by atoms with Crippen LogP contribution in [0.25, 0.3) is 0 Å². The van der Waals surface area contributed by atoms with Gasteiger partial charge in [0.25, 0.3) is 5.91 Å². The second-order valence-corrected chi connectivity index (χ2v) is 5.18. The van der Waals surface area contributed by atoms with E-state index in [9.17, 15) is 14.9 Å². The van der Waals surface area contributed by atoms with E-state index in [1.807, 2.05) is 7.05 Å². The predicted molar refractivity (Wildman–Crippen MR) is 76.2 cm³/mol. The van der Waals surface area contributed by atoms with E-state index in [0.29, 0.717) is 24.7 Å². The molecule has 1 aromatic heterocycles. The van der Waals surface area contributed by atoms with Gasteiger partial charge < -0.3 is 10.2 Å². The molecule has 0 atom stereocenters. The van der Waals surface area contributed by atoms with Crippen molar-refractivity contribution in [3.63, 3.8) is 0 Å². The topological polar surface area (TPSA) is 75.5 Å². The highest BCUT2D eigenvalue weighted by molar-refractivity contribution is 7.13. The largest absolute Gasteiger partial charge is 0.339 e. The summed E-state index contributed by atoms with van der Waals surface area (Å²) >= 11 is 0.996. The van der Waals surface area contributed by atoms with Crippen molar-refractivity contribution in [2.45, 2.75) is 18.9 Å². The van der Waals surface area contributed by atoms with Gasteiger partial charge in [0.2, 0.25) is 0 Å². The third-order valence-electron chi connectivity index (χ3n) is 3.20. The first kappa shape index (κ1) is 15.9. The summed E-state index contributed by atoms with van der Waals surface area (Å²) in [6.07, 6.45) is 1.85. The molecule has 0 aliphatic carbocycles. The Morgan fingerprint density at radius 2 is 2.16 bits per heavy atom. The maximum Gasteiger partial charge on any atom is 0.324 e. The lowest BCUT2D eigenvalue weighted by atomic mass is 10.0. The molecule has 106 valence electrons. The first-order valence-corrected chi connectivity index (χ1v) is 6.69. The Kier molecular flexibility index (Phi) is 5.71. The molecule has 0 aromatic carbocycles. The van der Waals surface area contributed by atoms with Crippen molar-refractivity contribution in [1.82, 2.24) is 10.2 Å². The molecule has 0 saturated carbocycles. The quantitative estimate of drug-likeness (QED) is 0.683. The van der Waals surface area contributed by atoms with Gasteiger partial charge in [-0.05, 0) is 19.9 Å². The molecule has 8 heteroatoms. The summed E-state index contributed by atoms with van der Waals surface area (Å²) < 4.78 is 0. The normalized spacial score (nSPS) is 15.9. The molecule has 1 aliphatic rings. The Labute approximate surface area is 121 Å². The van der Waals surface area contributed by atoms with E-state index in [0.717, 1.165) is 24.2 Å². The van der Waals surface area contributed by atoms with Crippen molar-refractivity contribution in [3.05, 3.63) is 27.1 Å². The van der Waals surface area contributed by atoms with Crippen LogP contribution in [0.15, 0.2) is 11.4 Å². The van der Waals surface area contributed by atoms with Crippen LogP contribution in [0.5, 0.6) is 0 Å². The van der Waals surface area contributed by atoms with Crippen molar-refractivity contribution >= 4 is 34.7 Å². The Hall–Kier alpha value is -1.18. The molecule has 2 rings (SSSR count). The fraction of sp³-hybridized carbons (Fsp3) is 0.545. The van der Waals surface area contributed by atoms with Crippen LogP contribution < -0.4 is 5.32 Å². The number of nitro groups is 1. The highest BCUT2D eigenvalue weighted by Crippen LogP contribution is 2.24. The van der Waals surface area contributed by atoms with Crippen molar-refractivity contribution in [2.75, 3.05) is 20.1 Å². The number of nitrogens with one attached hydrogen (secondary N) is 1. The number of nitrogens with zero attached hydrogens (tertiary/aromatic N) is 2. The van der Waals surface area contributed by atoms with Gasteiger partial charge in [0.1, 0.15) is 0 Å². The standard InChI is InChI=1S/C11H15N3O3S.ClH/c1-12-9-2-4-13(5-3-9)11(15)8-6-10(14(16)17)18-7-8;/h6-7,9,12H,2-5H2,1H3;1H. The van der Waals surface area contributed by atoms with E-state index in [4.69, 9.17) is 0 Å². The number of hydrogen-bond donors (Lipinski definition) is 1. The minimum Gasteiger partial charge on any atom is -0.339 e. The smallest absolute Gasteiger partial charge is 0.324 e. The fourth-order valence-electron chi connectivity index (χ4n) is 2.09. The second-order valence-electron chi connectivity index (χ2n) is 4.29. The average Bonchev–Trinajstić information content (AvgIpc) is 2.88. The van der Waals surface area contributed by atoms with Gasteiger partial charge in [0.15, 0.2) is 0 Å². The van der Waals surface area contributed by atoms with Crippen LogP contribution in [-0.4, -0.2) is 41.9 Å². The summed E-state index contributed by atoms with van der Waals surface area (Å²) in [4.78, 5) is 24.0. The third kappa shape index (κ3) is 3.65. The molecule has 0 bridgehead atoms. The van der Waals surface area contributed by atoms with Gasteiger partial charge >= 0.3 is 5.00 Å². The summed E-state index contributed by atoms with van der Waals surface area (Å²) in [5, 5.41) is 15.4. The van der Waals surface area contributed by atoms with Crippen LogP contribution in [0.2, 0.25) is 0 Å². The third-order valence-corrected chi connectivity index (χ3v) is 4.08. The van der Waals surface area contributed by atoms with Crippen molar-refractivity contribution in [3.8, 4) is 0 Å². The Balaban J connectivity index is 0.00000180. The first-order chi connectivity index (χ1) is 8.61. The first-order valence-electron chi connectivity index (χ1n) is 5.81. The maximum atomic E-state index is 12.1. The molecular weight excluding hydrogens is 290 g/mol. The van der Waals surface area contributed by atoms with E-state index in [1.165, 1.54) is 6.07 Å². The van der Waals surface area contributed by atoms with E-state index in [2.05, 4.69) is 5.32 Å². The monoisotopic (exact) mass is 305 g/mol. The summed E-state index contributed by atoms with van der Waals surface area (Å²) in [6.45, 7) is 1.40. The molecule has 0 radical (unpaired) electrons. The van der Waals surface area contributed by atoms with Gasteiger partial charge in [-0.2, -0.15) is 0 Å². The maximum absolute atomic E-state index is 12.1. The minimum absolute atomic E-state index is 0. The molecule has 1 saturated heterocycles. The molecule has 1 N–H and O–H groups in total. The zero-order valence-corrected chi connectivity index (χ0v) is 12.1. The number of rotatable bonds is 3. The van der Waals surface area contributed by atoms with Crippen LogP contribution in [0, 0.1) is 10.1 Å². The highest BCUT2D eigenvalue weighted by Gasteiger charge is 2.24. The molecule has 2 heterocycles. The SMILES string of the molecule is CNC1CCN(C(=O)c2csc([N+](=O)[O-])c2)CC1.Cl. The van der Waals surface area contributed by atoms with E-state index >= 15 is 0 Å². The molecule has 1 aromatic rings. The Bertz CT molecular complexity index is 458. The molecule has 0 unspecified atom stereocenters. The van der Waals surface area contributed by atoms with Crippen LogP contribution in [0.3, 0.4) is 0 Å². The lowest BCUT2D eigenvalue weighted by Crippen LogP contribution is -2.43. The average molecular weight is 306 g/mol. The van der Waals surface area contributed by atoms with Gasteiger partial charge in [0, 0.05) is 30.6 Å². The molecule has 0 spiro atoms. The van der Waals surface area contributed by atoms with Crippen molar-refractivity contribution in [1.29, 1.82) is 0 Å². The fourth-order valence-corrected chi connectivity index (χ4v) is 2.78. The van der Waals surface area contributed by atoms with Crippen molar-refractivity contribution < 1.29 is 9.72 Å². The lowest BCUT2D eigenvalue weighted by molar-refractivity contribution is -0.380. The molecular formula is C11H16ClN3O3S. The summed E-state index contributed by atoms with van der Waals surface area (Å²) in [6, 6.07) is 1.82. The van der Waals surface area contributed by atoms with Crippen LogP contribution in [0.4, 0.5) is 5.00 Å².